The molecule has 1 aliphatic heterocycles. The van der Waals surface area contributed by atoms with Crippen molar-refractivity contribution in [2.75, 3.05) is 39.8 Å². The third-order valence-electron chi connectivity index (χ3n) is 4.62. The first-order valence-electron chi connectivity index (χ1n) is 6.80. The lowest BCUT2D eigenvalue weighted by molar-refractivity contribution is 0.00663. The van der Waals surface area contributed by atoms with Gasteiger partial charge in [-0.15, -0.1) is 0 Å². The van der Waals surface area contributed by atoms with Crippen LogP contribution in [0.4, 0.5) is 0 Å². The molecule has 0 radical (unpaired) electrons. The third-order valence-corrected chi connectivity index (χ3v) is 4.62. The van der Waals surface area contributed by atoms with Gasteiger partial charge in [-0.2, -0.15) is 0 Å². The maximum atomic E-state index is 6.11. The van der Waals surface area contributed by atoms with Crippen LogP contribution >= 0.6 is 0 Å². The SMILES string of the molecule is CC1CCCC(CN)(N2CCN(C)CC2)C1. The minimum Gasteiger partial charge on any atom is -0.329 e. The van der Waals surface area contributed by atoms with Crippen molar-refractivity contribution >= 4 is 0 Å². The molecule has 2 fully saturated rings. The monoisotopic (exact) mass is 225 g/mol. The molecule has 0 aromatic heterocycles. The van der Waals surface area contributed by atoms with Gasteiger partial charge in [0.1, 0.15) is 0 Å². The van der Waals surface area contributed by atoms with Crippen LogP contribution in [-0.2, 0) is 0 Å². The van der Waals surface area contributed by atoms with Crippen molar-refractivity contribution in [3.8, 4) is 0 Å². The van der Waals surface area contributed by atoms with Crippen molar-refractivity contribution in [3.63, 3.8) is 0 Å². The number of hydrogen-bond donors (Lipinski definition) is 1. The van der Waals surface area contributed by atoms with E-state index in [-0.39, 0.29) is 0 Å². The smallest absolute Gasteiger partial charge is 0.0335 e. The van der Waals surface area contributed by atoms with Crippen LogP contribution in [0.2, 0.25) is 0 Å². The largest absolute Gasteiger partial charge is 0.329 e. The fraction of sp³-hybridized carbons (Fsp3) is 1.00. The number of piperazine rings is 1. The normalized spacial score (nSPS) is 38.8. The van der Waals surface area contributed by atoms with E-state index in [0.717, 1.165) is 12.5 Å². The van der Waals surface area contributed by atoms with Gasteiger partial charge in [-0.25, -0.2) is 0 Å². The molecule has 1 saturated heterocycles. The Morgan fingerprint density at radius 3 is 2.50 bits per heavy atom. The summed E-state index contributed by atoms with van der Waals surface area (Å²) in [5.74, 6) is 0.858. The van der Waals surface area contributed by atoms with Gasteiger partial charge in [0.05, 0.1) is 0 Å². The predicted octanol–water partition coefficient (Wildman–Crippen LogP) is 1.14. The van der Waals surface area contributed by atoms with Crippen LogP contribution in [-0.4, -0.2) is 55.1 Å². The van der Waals surface area contributed by atoms with E-state index in [1.807, 2.05) is 0 Å². The van der Waals surface area contributed by atoms with E-state index >= 15 is 0 Å². The molecule has 0 bridgehead atoms. The Morgan fingerprint density at radius 2 is 1.94 bits per heavy atom. The van der Waals surface area contributed by atoms with Crippen LogP contribution < -0.4 is 5.73 Å². The molecule has 0 amide bonds. The molecular formula is C13H27N3. The van der Waals surface area contributed by atoms with E-state index in [0.29, 0.717) is 5.54 Å². The van der Waals surface area contributed by atoms with E-state index in [9.17, 15) is 0 Å². The van der Waals surface area contributed by atoms with Gasteiger partial charge in [-0.3, -0.25) is 4.90 Å². The summed E-state index contributed by atoms with van der Waals surface area (Å²) >= 11 is 0. The lowest BCUT2D eigenvalue weighted by atomic mass is 9.75. The van der Waals surface area contributed by atoms with E-state index in [1.54, 1.807) is 0 Å². The maximum absolute atomic E-state index is 6.11. The summed E-state index contributed by atoms with van der Waals surface area (Å²) in [5, 5.41) is 0. The summed E-state index contributed by atoms with van der Waals surface area (Å²) in [6.45, 7) is 8.06. The number of likely N-dealkylation sites (N-methyl/N-ethyl adjacent to an activating group) is 1. The van der Waals surface area contributed by atoms with Gasteiger partial charge in [0.2, 0.25) is 0 Å². The number of nitrogens with two attached hydrogens (primary N) is 1. The zero-order chi connectivity index (χ0) is 11.6. The second kappa shape index (κ2) is 5.03. The van der Waals surface area contributed by atoms with Crippen LogP contribution in [0, 0.1) is 5.92 Å². The molecule has 2 unspecified atom stereocenters. The summed E-state index contributed by atoms with van der Waals surface area (Å²) in [4.78, 5) is 5.11. The Labute approximate surface area is 100.0 Å². The second-order valence-corrected chi connectivity index (χ2v) is 5.92. The highest BCUT2D eigenvalue weighted by Crippen LogP contribution is 2.36. The highest BCUT2D eigenvalue weighted by atomic mass is 15.3. The summed E-state index contributed by atoms with van der Waals surface area (Å²) in [7, 11) is 2.22. The number of hydrogen-bond acceptors (Lipinski definition) is 3. The first-order valence-corrected chi connectivity index (χ1v) is 6.80. The van der Waals surface area contributed by atoms with Crippen molar-refractivity contribution in [1.29, 1.82) is 0 Å². The number of nitrogens with zero attached hydrogens (tertiary/aromatic N) is 2. The van der Waals surface area contributed by atoms with Crippen molar-refractivity contribution in [2.24, 2.45) is 11.7 Å². The molecule has 1 heterocycles. The molecular weight excluding hydrogens is 198 g/mol. The average molecular weight is 225 g/mol. The van der Waals surface area contributed by atoms with Crippen LogP contribution in [0.15, 0.2) is 0 Å². The van der Waals surface area contributed by atoms with Gasteiger partial charge >= 0.3 is 0 Å². The highest BCUT2D eigenvalue weighted by molar-refractivity contribution is 4.97. The topological polar surface area (TPSA) is 32.5 Å². The summed E-state index contributed by atoms with van der Waals surface area (Å²) in [6.07, 6.45) is 5.39. The maximum Gasteiger partial charge on any atom is 0.0335 e. The molecule has 1 aliphatic carbocycles. The Hall–Kier alpha value is -0.120. The van der Waals surface area contributed by atoms with Crippen molar-refractivity contribution in [2.45, 2.75) is 38.1 Å². The fourth-order valence-electron chi connectivity index (χ4n) is 3.51. The zero-order valence-electron chi connectivity index (χ0n) is 10.9. The second-order valence-electron chi connectivity index (χ2n) is 5.92. The number of rotatable bonds is 2. The summed E-state index contributed by atoms with van der Waals surface area (Å²) in [6, 6.07) is 0. The molecule has 0 spiro atoms. The van der Waals surface area contributed by atoms with Crippen molar-refractivity contribution < 1.29 is 0 Å². The molecule has 3 nitrogen and oxygen atoms in total. The van der Waals surface area contributed by atoms with Gasteiger partial charge < -0.3 is 10.6 Å². The molecule has 2 atom stereocenters. The molecule has 1 saturated carbocycles. The molecule has 2 N–H and O–H groups in total. The van der Waals surface area contributed by atoms with Crippen LogP contribution in [0.25, 0.3) is 0 Å². The fourth-order valence-corrected chi connectivity index (χ4v) is 3.51. The van der Waals surface area contributed by atoms with E-state index in [4.69, 9.17) is 5.73 Å². The lowest BCUT2D eigenvalue weighted by Gasteiger charge is -2.50. The van der Waals surface area contributed by atoms with Crippen LogP contribution in [0.3, 0.4) is 0 Å². The molecule has 3 heteroatoms. The molecule has 0 aromatic carbocycles. The first-order chi connectivity index (χ1) is 7.66. The Kier molecular flexibility index (Phi) is 3.88. The predicted molar refractivity (Wildman–Crippen MR) is 68.5 cm³/mol. The van der Waals surface area contributed by atoms with E-state index < -0.39 is 0 Å². The van der Waals surface area contributed by atoms with E-state index in [2.05, 4.69) is 23.8 Å². The van der Waals surface area contributed by atoms with Crippen molar-refractivity contribution in [1.82, 2.24) is 9.80 Å². The van der Waals surface area contributed by atoms with Crippen LogP contribution in [0.5, 0.6) is 0 Å². The highest BCUT2D eigenvalue weighted by Gasteiger charge is 2.39. The zero-order valence-corrected chi connectivity index (χ0v) is 10.9. The quantitative estimate of drug-likeness (QED) is 0.765. The Bertz CT molecular complexity index is 223. The third kappa shape index (κ3) is 2.41. The summed E-state index contributed by atoms with van der Waals surface area (Å²) < 4.78 is 0. The van der Waals surface area contributed by atoms with Crippen LogP contribution in [0.1, 0.15) is 32.6 Å². The average Bonchev–Trinajstić information content (AvgIpc) is 2.29. The van der Waals surface area contributed by atoms with Gasteiger partial charge in [-0.05, 0) is 25.8 Å². The molecule has 94 valence electrons. The Balaban J connectivity index is 2.02. The molecule has 2 rings (SSSR count). The Morgan fingerprint density at radius 1 is 1.25 bits per heavy atom. The van der Waals surface area contributed by atoms with E-state index in [1.165, 1.54) is 51.9 Å². The first kappa shape index (κ1) is 12.3. The van der Waals surface area contributed by atoms with Crippen molar-refractivity contribution in [3.05, 3.63) is 0 Å². The standard InChI is InChI=1S/C13H27N3/c1-12-4-3-5-13(10-12,11-14)16-8-6-15(2)7-9-16/h12H,3-11,14H2,1-2H3. The van der Waals surface area contributed by atoms with Gasteiger partial charge in [-0.1, -0.05) is 19.8 Å². The van der Waals surface area contributed by atoms with Gasteiger partial charge in [0.15, 0.2) is 0 Å². The lowest BCUT2D eigenvalue weighted by Crippen LogP contribution is -2.61. The molecule has 2 aliphatic rings. The minimum atomic E-state index is 0.332. The minimum absolute atomic E-state index is 0.332. The summed E-state index contributed by atoms with van der Waals surface area (Å²) in [5.41, 5.74) is 6.44. The van der Waals surface area contributed by atoms with Gasteiger partial charge in [0, 0.05) is 38.3 Å². The molecule has 0 aromatic rings. The molecule has 16 heavy (non-hydrogen) atoms. The van der Waals surface area contributed by atoms with Gasteiger partial charge in [0.25, 0.3) is 0 Å².